The lowest BCUT2D eigenvalue weighted by molar-refractivity contribution is -0.119. The second kappa shape index (κ2) is 12.4. The normalized spacial score (nSPS) is 19.3. The first-order valence-corrected chi connectivity index (χ1v) is 14.4. The number of hydrogen-bond acceptors (Lipinski definition) is 5. The van der Waals surface area contributed by atoms with E-state index in [2.05, 4.69) is 42.8 Å². The van der Waals surface area contributed by atoms with E-state index in [0.717, 1.165) is 78.4 Å². The third kappa shape index (κ3) is 6.36. The van der Waals surface area contributed by atoms with E-state index in [1.807, 2.05) is 48.5 Å². The van der Waals surface area contributed by atoms with Gasteiger partial charge in [0.2, 0.25) is 0 Å². The summed E-state index contributed by atoms with van der Waals surface area (Å²) < 4.78 is 6.37. The highest BCUT2D eigenvalue weighted by Crippen LogP contribution is 2.43. The molecule has 2 aliphatic rings. The molecule has 0 saturated carbocycles. The van der Waals surface area contributed by atoms with Crippen LogP contribution in [0.5, 0.6) is 0 Å². The summed E-state index contributed by atoms with van der Waals surface area (Å²) in [4.78, 5) is 16.2. The van der Waals surface area contributed by atoms with Gasteiger partial charge in [-0.1, -0.05) is 63.4 Å². The number of carbonyl (C=O) groups is 1. The fraction of sp³-hybridized carbons (Fsp3) is 0.345. The maximum absolute atomic E-state index is 13.7. The molecule has 1 unspecified atom stereocenters. The van der Waals surface area contributed by atoms with Crippen molar-refractivity contribution in [1.29, 1.82) is 0 Å². The minimum Gasteiger partial charge on any atom is -0.379 e. The Bertz CT molecular complexity index is 1300. The minimum absolute atomic E-state index is 0.126. The minimum atomic E-state index is -1.03. The molecule has 3 N–H and O–H groups in total. The number of morpholine rings is 1. The molecular weight excluding hydrogens is 587 g/mol. The number of halogens is 3. The molecule has 3 aromatic rings. The molecule has 1 saturated heterocycles. The zero-order chi connectivity index (χ0) is 26.5. The molecule has 9 heteroatoms. The molecule has 38 heavy (non-hydrogen) atoms. The molecule has 2 aliphatic heterocycles. The lowest BCUT2D eigenvalue weighted by atomic mass is 9.84. The number of benzene rings is 3. The molecule has 0 radical (unpaired) electrons. The molecule has 200 valence electrons. The second-order valence-corrected chi connectivity index (χ2v) is 11.6. The van der Waals surface area contributed by atoms with Crippen LogP contribution >= 0.6 is 39.1 Å². The number of amides is 1. The Morgan fingerprint density at radius 3 is 2.66 bits per heavy atom. The average Bonchev–Trinajstić information content (AvgIpc) is 3.15. The topological polar surface area (TPSA) is 65.6 Å². The molecule has 0 aromatic heterocycles. The van der Waals surface area contributed by atoms with Gasteiger partial charge in [-0.05, 0) is 67.0 Å². The summed E-state index contributed by atoms with van der Waals surface area (Å²) in [6.07, 6.45) is 1.49. The van der Waals surface area contributed by atoms with Crippen LogP contribution in [0, 0.1) is 0 Å². The van der Waals surface area contributed by atoms with Gasteiger partial charge in [-0.15, -0.1) is 0 Å². The SMILES string of the molecule is O=C1Nc2cc(Cl)ccc2C1(Cc1cccc(Cl)c1)Nc1cc(Br)ccc1CNCCCN1CCOCC1. The van der Waals surface area contributed by atoms with E-state index < -0.39 is 5.54 Å². The lowest BCUT2D eigenvalue weighted by Crippen LogP contribution is -2.44. The molecule has 6 nitrogen and oxygen atoms in total. The first kappa shape index (κ1) is 27.4. The number of nitrogens with one attached hydrogen (secondary N) is 3. The maximum Gasteiger partial charge on any atom is 0.255 e. The predicted octanol–water partition coefficient (Wildman–Crippen LogP) is 6.07. The smallest absolute Gasteiger partial charge is 0.255 e. The van der Waals surface area contributed by atoms with Gasteiger partial charge in [0.15, 0.2) is 0 Å². The molecule has 0 aliphatic carbocycles. The number of nitrogens with zero attached hydrogens (tertiary/aromatic N) is 1. The average molecular weight is 618 g/mol. The summed E-state index contributed by atoms with van der Waals surface area (Å²) in [5, 5.41) is 11.5. The largest absolute Gasteiger partial charge is 0.379 e. The number of carbonyl (C=O) groups excluding carboxylic acids is 1. The Morgan fingerprint density at radius 1 is 1.03 bits per heavy atom. The van der Waals surface area contributed by atoms with Crippen molar-refractivity contribution in [2.45, 2.75) is 24.9 Å². The summed E-state index contributed by atoms with van der Waals surface area (Å²) in [6.45, 7) is 6.30. The number of rotatable bonds is 10. The molecular formula is C29H31BrCl2N4O2. The first-order chi connectivity index (χ1) is 18.4. The van der Waals surface area contributed by atoms with E-state index in [1.165, 1.54) is 0 Å². The van der Waals surface area contributed by atoms with E-state index in [1.54, 1.807) is 6.07 Å². The predicted molar refractivity (Wildman–Crippen MR) is 158 cm³/mol. The Hall–Kier alpha value is -2.13. The maximum atomic E-state index is 13.7. The van der Waals surface area contributed by atoms with Crippen LogP contribution in [-0.4, -0.2) is 50.2 Å². The van der Waals surface area contributed by atoms with Crippen molar-refractivity contribution in [2.75, 3.05) is 50.0 Å². The van der Waals surface area contributed by atoms with E-state index in [-0.39, 0.29) is 5.91 Å². The molecule has 1 fully saturated rings. The van der Waals surface area contributed by atoms with Crippen LogP contribution in [-0.2, 0) is 28.0 Å². The van der Waals surface area contributed by atoms with Crippen LogP contribution < -0.4 is 16.0 Å². The van der Waals surface area contributed by atoms with Crippen LogP contribution in [0.4, 0.5) is 11.4 Å². The van der Waals surface area contributed by atoms with Crippen molar-refractivity contribution in [3.05, 3.63) is 91.9 Å². The van der Waals surface area contributed by atoms with Crippen molar-refractivity contribution in [1.82, 2.24) is 10.2 Å². The Labute approximate surface area is 242 Å². The van der Waals surface area contributed by atoms with Gasteiger partial charge in [-0.25, -0.2) is 0 Å². The fourth-order valence-electron chi connectivity index (χ4n) is 5.16. The number of ether oxygens (including phenoxy) is 1. The second-order valence-electron chi connectivity index (χ2n) is 9.77. The van der Waals surface area contributed by atoms with Gasteiger partial charge in [-0.3, -0.25) is 9.69 Å². The van der Waals surface area contributed by atoms with Gasteiger partial charge in [0.25, 0.3) is 5.91 Å². The monoisotopic (exact) mass is 616 g/mol. The van der Waals surface area contributed by atoms with Crippen molar-refractivity contribution in [3.63, 3.8) is 0 Å². The van der Waals surface area contributed by atoms with Crippen LogP contribution in [0.15, 0.2) is 65.1 Å². The van der Waals surface area contributed by atoms with Gasteiger partial charge in [0.05, 0.1) is 13.2 Å². The Morgan fingerprint density at radius 2 is 1.84 bits per heavy atom. The summed E-state index contributed by atoms with van der Waals surface area (Å²) in [5.41, 5.74) is 3.48. The zero-order valence-corrected chi connectivity index (χ0v) is 24.1. The number of fused-ring (bicyclic) bond motifs is 1. The highest BCUT2D eigenvalue weighted by Gasteiger charge is 2.47. The third-order valence-corrected chi connectivity index (χ3v) is 8.07. The van der Waals surface area contributed by atoms with Gasteiger partial charge >= 0.3 is 0 Å². The van der Waals surface area contributed by atoms with Crippen LogP contribution in [0.1, 0.15) is 23.1 Å². The summed E-state index contributed by atoms with van der Waals surface area (Å²) in [5.74, 6) is -0.126. The fourth-order valence-corrected chi connectivity index (χ4v) is 5.91. The van der Waals surface area contributed by atoms with Gasteiger partial charge in [0, 0.05) is 57.5 Å². The highest BCUT2D eigenvalue weighted by molar-refractivity contribution is 9.10. The quantitative estimate of drug-likeness (QED) is 0.241. The van der Waals surface area contributed by atoms with Crippen molar-refractivity contribution >= 4 is 56.4 Å². The van der Waals surface area contributed by atoms with Crippen molar-refractivity contribution in [2.24, 2.45) is 0 Å². The van der Waals surface area contributed by atoms with E-state index in [4.69, 9.17) is 27.9 Å². The van der Waals surface area contributed by atoms with Crippen LogP contribution in [0.3, 0.4) is 0 Å². The standard InChI is InChI=1S/C29H31BrCl2N4O2/c30-22-6-5-21(19-33-9-2-10-36-11-13-38-14-12-36)26(16-22)35-29(18-20-3-1-4-23(31)15-20)25-8-7-24(32)17-27(25)34-28(29)37/h1,3-8,15-17,33,35H,2,9-14,18-19H2,(H,34,37). The number of hydrogen-bond donors (Lipinski definition) is 3. The molecule has 1 amide bonds. The van der Waals surface area contributed by atoms with Gasteiger partial charge in [0.1, 0.15) is 5.54 Å². The first-order valence-electron chi connectivity index (χ1n) is 12.9. The molecule has 2 heterocycles. The van der Waals surface area contributed by atoms with Gasteiger partial charge < -0.3 is 20.7 Å². The summed E-state index contributed by atoms with van der Waals surface area (Å²) >= 11 is 16.2. The molecule has 0 spiro atoms. The molecule has 1 atom stereocenters. The third-order valence-electron chi connectivity index (χ3n) is 7.10. The van der Waals surface area contributed by atoms with Crippen molar-refractivity contribution in [3.8, 4) is 0 Å². The van der Waals surface area contributed by atoms with E-state index in [9.17, 15) is 4.79 Å². The molecule has 0 bridgehead atoms. The zero-order valence-electron chi connectivity index (χ0n) is 21.0. The summed E-state index contributed by atoms with van der Waals surface area (Å²) in [7, 11) is 0. The summed E-state index contributed by atoms with van der Waals surface area (Å²) in [6, 6.07) is 19.4. The Balaban J connectivity index is 1.38. The number of anilines is 2. The highest BCUT2D eigenvalue weighted by atomic mass is 79.9. The van der Waals surface area contributed by atoms with Crippen molar-refractivity contribution < 1.29 is 9.53 Å². The van der Waals surface area contributed by atoms with Gasteiger partial charge in [-0.2, -0.15) is 0 Å². The Kier molecular flexibility index (Phi) is 8.93. The lowest BCUT2D eigenvalue weighted by Gasteiger charge is -2.31. The van der Waals surface area contributed by atoms with Crippen LogP contribution in [0.2, 0.25) is 10.0 Å². The van der Waals surface area contributed by atoms with E-state index in [0.29, 0.717) is 23.0 Å². The molecule has 5 rings (SSSR count). The van der Waals surface area contributed by atoms with Crippen LogP contribution in [0.25, 0.3) is 0 Å². The van der Waals surface area contributed by atoms with E-state index >= 15 is 0 Å². The molecule has 3 aromatic carbocycles.